The first-order valence-corrected chi connectivity index (χ1v) is 5.62. The zero-order valence-corrected chi connectivity index (χ0v) is 8.66. The van der Waals surface area contributed by atoms with Crippen LogP contribution in [0.15, 0.2) is 41.1 Å². The molecule has 1 atom stereocenters. The Balaban J connectivity index is 2.13. The summed E-state index contributed by atoms with van der Waals surface area (Å²) in [5, 5.41) is 4.00. The van der Waals surface area contributed by atoms with Gasteiger partial charge >= 0.3 is 5.97 Å². The summed E-state index contributed by atoms with van der Waals surface area (Å²) in [6, 6.07) is 9.54. The molecule has 0 saturated heterocycles. The van der Waals surface area contributed by atoms with E-state index in [0.717, 1.165) is 11.1 Å². The molecule has 0 saturated carbocycles. The lowest BCUT2D eigenvalue weighted by molar-refractivity contribution is 0.0456. The second-order valence-electron chi connectivity index (χ2n) is 3.43. The predicted molar refractivity (Wildman–Crippen MR) is 58.0 cm³/mol. The van der Waals surface area contributed by atoms with Crippen LogP contribution in [0, 0.1) is 0 Å². The van der Waals surface area contributed by atoms with Crippen LogP contribution in [-0.2, 0) is 4.74 Å². The first kappa shape index (κ1) is 8.68. The Bertz CT molecular complexity index is 502. The number of cyclic esters (lactones) is 1. The van der Waals surface area contributed by atoms with Crippen molar-refractivity contribution in [1.82, 2.24) is 0 Å². The second kappa shape index (κ2) is 3.21. The van der Waals surface area contributed by atoms with Gasteiger partial charge in [-0.1, -0.05) is 18.2 Å². The Kier molecular flexibility index (Phi) is 1.86. The average Bonchev–Trinajstić information content (AvgIpc) is 2.87. The smallest absolute Gasteiger partial charge is 0.339 e. The third-order valence-corrected chi connectivity index (χ3v) is 3.24. The summed E-state index contributed by atoms with van der Waals surface area (Å²) in [4.78, 5) is 11.6. The molecule has 0 bridgehead atoms. The highest BCUT2D eigenvalue weighted by atomic mass is 32.1. The van der Waals surface area contributed by atoms with E-state index < -0.39 is 0 Å². The second-order valence-corrected chi connectivity index (χ2v) is 4.21. The van der Waals surface area contributed by atoms with Crippen molar-refractivity contribution in [3.63, 3.8) is 0 Å². The molecule has 2 nitrogen and oxygen atoms in total. The summed E-state index contributed by atoms with van der Waals surface area (Å²) in [5.74, 6) is -0.221. The third kappa shape index (κ3) is 1.27. The Morgan fingerprint density at radius 1 is 1.20 bits per heavy atom. The Morgan fingerprint density at radius 2 is 2.07 bits per heavy atom. The van der Waals surface area contributed by atoms with Crippen molar-refractivity contribution in [3.05, 3.63) is 57.8 Å². The maximum absolute atomic E-state index is 11.6. The van der Waals surface area contributed by atoms with E-state index in [1.54, 1.807) is 11.3 Å². The molecule has 0 amide bonds. The molecule has 1 aromatic heterocycles. The molecule has 0 spiro atoms. The molecule has 0 aliphatic carbocycles. The van der Waals surface area contributed by atoms with Gasteiger partial charge < -0.3 is 4.74 Å². The quantitative estimate of drug-likeness (QED) is 0.685. The maximum Gasteiger partial charge on any atom is 0.339 e. The van der Waals surface area contributed by atoms with Gasteiger partial charge in [0.05, 0.1) is 5.56 Å². The first-order chi connectivity index (χ1) is 7.36. The minimum Gasteiger partial charge on any atom is -0.449 e. The lowest BCUT2D eigenvalue weighted by atomic mass is 10.0. The fourth-order valence-electron chi connectivity index (χ4n) is 1.82. The van der Waals surface area contributed by atoms with Crippen LogP contribution in [0.1, 0.15) is 27.6 Å². The summed E-state index contributed by atoms with van der Waals surface area (Å²) in [6.45, 7) is 0. The van der Waals surface area contributed by atoms with Crippen molar-refractivity contribution in [2.75, 3.05) is 0 Å². The maximum atomic E-state index is 11.6. The van der Waals surface area contributed by atoms with Crippen molar-refractivity contribution in [3.8, 4) is 0 Å². The van der Waals surface area contributed by atoms with Gasteiger partial charge in [-0.25, -0.2) is 4.79 Å². The summed E-state index contributed by atoms with van der Waals surface area (Å²) < 4.78 is 5.34. The van der Waals surface area contributed by atoms with Crippen LogP contribution in [0.2, 0.25) is 0 Å². The number of thiophene rings is 1. The third-order valence-electron chi connectivity index (χ3n) is 2.53. The highest BCUT2D eigenvalue weighted by Gasteiger charge is 2.31. The van der Waals surface area contributed by atoms with Crippen LogP contribution in [-0.4, -0.2) is 5.97 Å². The largest absolute Gasteiger partial charge is 0.449 e. The molecular formula is C12H8O2S. The van der Waals surface area contributed by atoms with E-state index in [1.807, 2.05) is 41.1 Å². The van der Waals surface area contributed by atoms with Gasteiger partial charge in [0.1, 0.15) is 0 Å². The summed E-state index contributed by atoms with van der Waals surface area (Å²) in [7, 11) is 0. The van der Waals surface area contributed by atoms with Crippen molar-refractivity contribution in [2.45, 2.75) is 6.10 Å². The number of carbonyl (C=O) groups is 1. The van der Waals surface area contributed by atoms with Gasteiger partial charge in [-0.05, 0) is 22.9 Å². The van der Waals surface area contributed by atoms with E-state index in [1.165, 1.54) is 0 Å². The van der Waals surface area contributed by atoms with E-state index in [4.69, 9.17) is 4.74 Å². The van der Waals surface area contributed by atoms with Crippen LogP contribution in [0.5, 0.6) is 0 Å². The Labute approximate surface area is 91.1 Å². The molecule has 1 aliphatic rings. The number of benzene rings is 1. The topological polar surface area (TPSA) is 26.3 Å². The van der Waals surface area contributed by atoms with E-state index in [2.05, 4.69) is 0 Å². The molecule has 2 heterocycles. The number of esters is 1. The molecule has 0 radical (unpaired) electrons. The van der Waals surface area contributed by atoms with Gasteiger partial charge in [0.15, 0.2) is 6.10 Å². The van der Waals surface area contributed by atoms with Gasteiger partial charge in [0.25, 0.3) is 0 Å². The molecule has 3 rings (SSSR count). The molecule has 2 aromatic rings. The Morgan fingerprint density at radius 3 is 2.87 bits per heavy atom. The fourth-order valence-corrected chi connectivity index (χ4v) is 2.49. The number of ether oxygens (including phenoxy) is 1. The predicted octanol–water partition coefficient (Wildman–Crippen LogP) is 3.01. The van der Waals surface area contributed by atoms with Gasteiger partial charge in [0.2, 0.25) is 0 Å². The molecule has 74 valence electrons. The molecule has 15 heavy (non-hydrogen) atoms. The fraction of sp³-hybridized carbons (Fsp3) is 0.0833. The van der Waals surface area contributed by atoms with Gasteiger partial charge in [0, 0.05) is 11.1 Å². The summed E-state index contributed by atoms with van der Waals surface area (Å²) in [6.07, 6.45) is -0.208. The highest BCUT2D eigenvalue weighted by molar-refractivity contribution is 7.08. The van der Waals surface area contributed by atoms with E-state index in [9.17, 15) is 4.79 Å². The Hall–Kier alpha value is -1.61. The number of rotatable bonds is 1. The zero-order chi connectivity index (χ0) is 10.3. The number of hydrogen-bond acceptors (Lipinski definition) is 3. The monoisotopic (exact) mass is 216 g/mol. The van der Waals surface area contributed by atoms with E-state index in [-0.39, 0.29) is 12.1 Å². The van der Waals surface area contributed by atoms with Crippen LogP contribution >= 0.6 is 11.3 Å². The number of hydrogen-bond donors (Lipinski definition) is 0. The van der Waals surface area contributed by atoms with Gasteiger partial charge in [-0.15, -0.1) is 0 Å². The average molecular weight is 216 g/mol. The molecular weight excluding hydrogens is 208 g/mol. The van der Waals surface area contributed by atoms with Crippen LogP contribution in [0.3, 0.4) is 0 Å². The molecule has 1 aromatic carbocycles. The van der Waals surface area contributed by atoms with Gasteiger partial charge in [-0.3, -0.25) is 0 Å². The highest BCUT2D eigenvalue weighted by Crippen LogP contribution is 2.36. The zero-order valence-electron chi connectivity index (χ0n) is 7.84. The lowest BCUT2D eigenvalue weighted by Crippen LogP contribution is -1.98. The van der Waals surface area contributed by atoms with Crippen LogP contribution in [0.25, 0.3) is 0 Å². The summed E-state index contributed by atoms with van der Waals surface area (Å²) in [5.41, 5.74) is 2.72. The standard InChI is InChI=1S/C12H8O2S/c13-12-10-4-2-1-3-9(10)11(14-12)8-5-6-15-7-8/h1-7,11H. The van der Waals surface area contributed by atoms with Gasteiger partial charge in [-0.2, -0.15) is 11.3 Å². The number of carbonyl (C=O) groups excluding carboxylic acids is 1. The summed E-state index contributed by atoms with van der Waals surface area (Å²) >= 11 is 1.61. The van der Waals surface area contributed by atoms with Crippen LogP contribution < -0.4 is 0 Å². The van der Waals surface area contributed by atoms with Crippen molar-refractivity contribution < 1.29 is 9.53 Å². The minimum absolute atomic E-state index is 0.208. The minimum atomic E-state index is -0.221. The van der Waals surface area contributed by atoms with Crippen LogP contribution in [0.4, 0.5) is 0 Å². The first-order valence-electron chi connectivity index (χ1n) is 4.68. The molecule has 0 fully saturated rings. The lowest BCUT2D eigenvalue weighted by Gasteiger charge is -2.07. The van der Waals surface area contributed by atoms with E-state index >= 15 is 0 Å². The SMILES string of the molecule is O=C1OC(c2ccsc2)c2ccccc21. The van der Waals surface area contributed by atoms with E-state index in [0.29, 0.717) is 5.56 Å². The van der Waals surface area contributed by atoms with Crippen molar-refractivity contribution in [1.29, 1.82) is 0 Å². The van der Waals surface area contributed by atoms with Crippen molar-refractivity contribution in [2.24, 2.45) is 0 Å². The van der Waals surface area contributed by atoms with Crippen molar-refractivity contribution >= 4 is 17.3 Å². The normalized spacial score (nSPS) is 18.7. The number of fused-ring (bicyclic) bond motifs is 1. The molecule has 1 aliphatic heterocycles. The molecule has 3 heteroatoms. The molecule has 0 N–H and O–H groups in total. The molecule has 1 unspecified atom stereocenters.